The molecule has 0 atom stereocenters. The van der Waals surface area contributed by atoms with E-state index in [1.54, 1.807) is 0 Å². The molecule has 0 bridgehead atoms. The number of aromatic nitrogens is 1. The number of rotatable bonds is 3. The van der Waals surface area contributed by atoms with Crippen LogP contribution in [0.4, 0.5) is 0 Å². The lowest BCUT2D eigenvalue weighted by Crippen LogP contribution is -2.24. The van der Waals surface area contributed by atoms with Gasteiger partial charge in [0.05, 0.1) is 12.7 Å². The molecule has 0 unspecified atom stereocenters. The van der Waals surface area contributed by atoms with Gasteiger partial charge in [0.1, 0.15) is 6.54 Å². The normalized spacial score (nSPS) is 9.67. The van der Waals surface area contributed by atoms with Crippen molar-refractivity contribution in [3.05, 3.63) is 34.2 Å². The molecular formula is C9H9NO5. The largest absolute Gasteiger partial charge is 0.480 e. The van der Waals surface area contributed by atoms with Gasteiger partial charge >= 0.3 is 11.9 Å². The Hall–Kier alpha value is -2.11. The summed E-state index contributed by atoms with van der Waals surface area (Å²) >= 11 is 0. The highest BCUT2D eigenvalue weighted by Gasteiger charge is 2.08. The Morgan fingerprint density at radius 1 is 1.53 bits per heavy atom. The highest BCUT2D eigenvalue weighted by atomic mass is 16.5. The molecule has 0 radical (unpaired) electrons. The maximum atomic E-state index is 11.3. The minimum Gasteiger partial charge on any atom is -0.480 e. The summed E-state index contributed by atoms with van der Waals surface area (Å²) in [5, 5.41) is 8.46. The number of hydrogen-bond acceptors (Lipinski definition) is 4. The maximum Gasteiger partial charge on any atom is 0.338 e. The van der Waals surface area contributed by atoms with Gasteiger partial charge in [0.15, 0.2) is 0 Å². The van der Waals surface area contributed by atoms with E-state index in [1.165, 1.54) is 19.4 Å². The van der Waals surface area contributed by atoms with Crippen molar-refractivity contribution in [1.29, 1.82) is 0 Å². The molecule has 0 aliphatic heterocycles. The van der Waals surface area contributed by atoms with Crippen LogP contribution in [0.25, 0.3) is 0 Å². The fourth-order valence-electron chi connectivity index (χ4n) is 1.03. The molecule has 1 aromatic rings. The van der Waals surface area contributed by atoms with Crippen LogP contribution in [0.15, 0.2) is 23.1 Å². The lowest BCUT2D eigenvalue weighted by molar-refractivity contribution is -0.137. The van der Waals surface area contributed by atoms with Crippen LogP contribution in [0, 0.1) is 0 Å². The first-order valence-electron chi connectivity index (χ1n) is 4.05. The number of carbonyl (C=O) groups is 2. The third-order valence-corrected chi connectivity index (χ3v) is 1.72. The first kappa shape index (κ1) is 11.0. The second kappa shape index (κ2) is 4.41. The first-order valence-corrected chi connectivity index (χ1v) is 4.05. The van der Waals surface area contributed by atoms with E-state index in [0.717, 1.165) is 10.6 Å². The number of aliphatic carboxylic acids is 1. The molecular weight excluding hydrogens is 202 g/mol. The van der Waals surface area contributed by atoms with Crippen molar-refractivity contribution in [1.82, 2.24) is 4.57 Å². The van der Waals surface area contributed by atoms with Gasteiger partial charge in [-0.2, -0.15) is 0 Å². The van der Waals surface area contributed by atoms with Gasteiger partial charge in [-0.25, -0.2) is 4.79 Å². The average molecular weight is 211 g/mol. The van der Waals surface area contributed by atoms with Crippen LogP contribution >= 0.6 is 0 Å². The molecule has 15 heavy (non-hydrogen) atoms. The van der Waals surface area contributed by atoms with Crippen LogP contribution in [0.1, 0.15) is 10.4 Å². The number of methoxy groups -OCH3 is 1. The van der Waals surface area contributed by atoms with Gasteiger partial charge in [0, 0.05) is 12.3 Å². The van der Waals surface area contributed by atoms with E-state index in [2.05, 4.69) is 4.74 Å². The fourth-order valence-corrected chi connectivity index (χ4v) is 1.03. The predicted molar refractivity (Wildman–Crippen MR) is 49.7 cm³/mol. The molecule has 1 N–H and O–H groups in total. The number of ether oxygens (including phenoxy) is 1. The molecule has 1 rings (SSSR count). The summed E-state index contributed by atoms with van der Waals surface area (Å²) < 4.78 is 5.39. The molecule has 0 amide bonds. The SMILES string of the molecule is COC(=O)c1ccn(CC(=O)O)c(=O)c1. The number of hydrogen-bond donors (Lipinski definition) is 1. The van der Waals surface area contributed by atoms with E-state index >= 15 is 0 Å². The number of carboxylic acid groups (broad SMARTS) is 1. The van der Waals surface area contributed by atoms with Crippen LogP contribution < -0.4 is 5.56 Å². The minimum atomic E-state index is -1.12. The Labute approximate surface area is 84.7 Å². The third kappa shape index (κ3) is 2.67. The monoisotopic (exact) mass is 211 g/mol. The standard InChI is InChI=1S/C9H9NO5/c1-15-9(14)6-2-3-10(5-8(12)13)7(11)4-6/h2-4H,5H2,1H3,(H,12,13). The summed E-state index contributed by atoms with van der Waals surface area (Å²) in [7, 11) is 1.20. The molecule has 0 aliphatic rings. The zero-order valence-corrected chi connectivity index (χ0v) is 7.97. The summed E-state index contributed by atoms with van der Waals surface area (Å²) in [6, 6.07) is 2.37. The number of carboxylic acids is 1. The van der Waals surface area contributed by atoms with Gasteiger partial charge in [0.25, 0.3) is 5.56 Å². The van der Waals surface area contributed by atoms with Gasteiger partial charge in [0.2, 0.25) is 0 Å². The van der Waals surface area contributed by atoms with Crippen molar-refractivity contribution in [2.24, 2.45) is 0 Å². The topological polar surface area (TPSA) is 85.6 Å². The summed E-state index contributed by atoms with van der Waals surface area (Å²) in [4.78, 5) is 32.6. The summed E-state index contributed by atoms with van der Waals surface area (Å²) in [6.07, 6.45) is 1.24. The Balaban J connectivity index is 3.03. The van der Waals surface area contributed by atoms with E-state index < -0.39 is 24.0 Å². The van der Waals surface area contributed by atoms with Crippen molar-refractivity contribution >= 4 is 11.9 Å². The maximum absolute atomic E-state index is 11.3. The van der Waals surface area contributed by atoms with E-state index in [-0.39, 0.29) is 5.56 Å². The first-order chi connectivity index (χ1) is 7.04. The molecule has 0 fully saturated rings. The zero-order chi connectivity index (χ0) is 11.4. The fraction of sp³-hybridized carbons (Fsp3) is 0.222. The molecule has 1 heterocycles. The predicted octanol–water partition coefficient (Wildman–Crippen LogP) is -0.281. The number of carbonyl (C=O) groups excluding carboxylic acids is 1. The quantitative estimate of drug-likeness (QED) is 0.695. The molecule has 0 spiro atoms. The number of esters is 1. The molecule has 6 nitrogen and oxygen atoms in total. The Kier molecular flexibility index (Phi) is 3.22. The average Bonchev–Trinajstić information content (AvgIpc) is 2.19. The van der Waals surface area contributed by atoms with E-state index in [0.29, 0.717) is 0 Å². The Morgan fingerprint density at radius 3 is 2.67 bits per heavy atom. The van der Waals surface area contributed by atoms with Crippen molar-refractivity contribution < 1.29 is 19.4 Å². The molecule has 0 aromatic carbocycles. The van der Waals surface area contributed by atoms with Gasteiger partial charge in [-0.1, -0.05) is 0 Å². The van der Waals surface area contributed by atoms with Crippen LogP contribution in [0.3, 0.4) is 0 Å². The minimum absolute atomic E-state index is 0.101. The van der Waals surface area contributed by atoms with Crippen LogP contribution in [0.5, 0.6) is 0 Å². The van der Waals surface area contributed by atoms with Crippen molar-refractivity contribution in [3.8, 4) is 0 Å². The van der Waals surface area contributed by atoms with Crippen molar-refractivity contribution in [2.45, 2.75) is 6.54 Å². The lowest BCUT2D eigenvalue weighted by atomic mass is 10.3. The summed E-state index contributed by atoms with van der Waals surface area (Å²) in [5.74, 6) is -1.75. The Morgan fingerprint density at radius 2 is 2.20 bits per heavy atom. The van der Waals surface area contributed by atoms with Crippen LogP contribution in [-0.4, -0.2) is 28.7 Å². The molecule has 80 valence electrons. The highest BCUT2D eigenvalue weighted by Crippen LogP contribution is 1.96. The van der Waals surface area contributed by atoms with Gasteiger partial charge in [-0.3, -0.25) is 9.59 Å². The molecule has 6 heteroatoms. The lowest BCUT2D eigenvalue weighted by Gasteiger charge is -2.02. The van der Waals surface area contributed by atoms with E-state index in [1.807, 2.05) is 0 Å². The molecule has 1 aromatic heterocycles. The summed E-state index contributed by atoms with van der Waals surface area (Å²) in [6.45, 7) is -0.430. The van der Waals surface area contributed by atoms with Gasteiger partial charge in [-0.05, 0) is 6.07 Å². The van der Waals surface area contributed by atoms with Crippen molar-refractivity contribution in [2.75, 3.05) is 7.11 Å². The van der Waals surface area contributed by atoms with Gasteiger partial charge < -0.3 is 14.4 Å². The zero-order valence-electron chi connectivity index (χ0n) is 7.97. The van der Waals surface area contributed by atoms with Crippen LogP contribution in [-0.2, 0) is 16.1 Å². The van der Waals surface area contributed by atoms with Gasteiger partial charge in [-0.15, -0.1) is 0 Å². The van der Waals surface area contributed by atoms with E-state index in [9.17, 15) is 14.4 Å². The summed E-state index contributed by atoms with van der Waals surface area (Å²) in [5.41, 5.74) is -0.454. The smallest absolute Gasteiger partial charge is 0.338 e. The van der Waals surface area contributed by atoms with Crippen LogP contribution in [0.2, 0.25) is 0 Å². The Bertz CT molecular complexity index is 448. The number of pyridine rings is 1. The second-order valence-electron chi connectivity index (χ2n) is 2.77. The molecule has 0 saturated carbocycles. The molecule has 0 aliphatic carbocycles. The van der Waals surface area contributed by atoms with Crippen molar-refractivity contribution in [3.63, 3.8) is 0 Å². The second-order valence-corrected chi connectivity index (χ2v) is 2.77. The number of nitrogens with zero attached hydrogens (tertiary/aromatic N) is 1. The third-order valence-electron chi connectivity index (χ3n) is 1.72. The highest BCUT2D eigenvalue weighted by molar-refractivity contribution is 5.89. The van der Waals surface area contributed by atoms with E-state index in [4.69, 9.17) is 5.11 Å². The molecule has 0 saturated heterocycles.